The molecule has 5 nitrogen and oxygen atoms in total. The van der Waals surface area contributed by atoms with Gasteiger partial charge in [0.15, 0.2) is 0 Å². The molecule has 2 aliphatic rings. The highest BCUT2D eigenvalue weighted by atomic mass is 16.5. The molecule has 0 radical (unpaired) electrons. The van der Waals surface area contributed by atoms with E-state index < -0.39 is 0 Å². The minimum Gasteiger partial charge on any atom is -0.381 e. The second-order valence-electron chi connectivity index (χ2n) is 6.21. The summed E-state index contributed by atoms with van der Waals surface area (Å²) >= 11 is 0. The van der Waals surface area contributed by atoms with E-state index in [4.69, 9.17) is 9.47 Å². The Balaban J connectivity index is 1.63. The Bertz CT molecular complexity index is 521. The maximum Gasteiger partial charge on any atom is 0.270 e. The molecule has 120 valence electrons. The first-order valence-corrected chi connectivity index (χ1v) is 8.18. The van der Waals surface area contributed by atoms with Crippen LogP contribution < -0.4 is 5.32 Å². The lowest BCUT2D eigenvalue weighted by Gasteiger charge is -2.43. The minimum atomic E-state index is -0.104. The molecule has 1 atom stereocenters. The Hall–Kier alpha value is -1.46. The highest BCUT2D eigenvalue weighted by Crippen LogP contribution is 2.34. The van der Waals surface area contributed by atoms with E-state index in [1.807, 2.05) is 12.1 Å². The number of pyridine rings is 1. The van der Waals surface area contributed by atoms with E-state index in [9.17, 15) is 4.79 Å². The van der Waals surface area contributed by atoms with Crippen molar-refractivity contribution >= 4 is 5.91 Å². The molecule has 3 heterocycles. The van der Waals surface area contributed by atoms with E-state index in [-0.39, 0.29) is 17.6 Å². The zero-order valence-electron chi connectivity index (χ0n) is 13.1. The van der Waals surface area contributed by atoms with Crippen LogP contribution in [0.1, 0.15) is 48.7 Å². The highest BCUT2D eigenvalue weighted by molar-refractivity contribution is 5.92. The van der Waals surface area contributed by atoms with E-state index in [1.165, 1.54) is 0 Å². The molecule has 1 unspecified atom stereocenters. The fourth-order valence-corrected chi connectivity index (χ4v) is 3.32. The molecule has 1 N–H and O–H groups in total. The van der Waals surface area contributed by atoms with Crippen LogP contribution in [0.4, 0.5) is 0 Å². The largest absolute Gasteiger partial charge is 0.381 e. The molecule has 1 amide bonds. The summed E-state index contributed by atoms with van der Waals surface area (Å²) in [5.74, 6) is -0.0793. The smallest absolute Gasteiger partial charge is 0.270 e. The first kappa shape index (κ1) is 15.4. The van der Waals surface area contributed by atoms with Crippen molar-refractivity contribution < 1.29 is 14.3 Å². The lowest BCUT2D eigenvalue weighted by atomic mass is 9.84. The molecule has 1 aromatic heterocycles. The normalized spacial score (nSPS) is 24.1. The van der Waals surface area contributed by atoms with Gasteiger partial charge < -0.3 is 14.8 Å². The molecule has 22 heavy (non-hydrogen) atoms. The maximum absolute atomic E-state index is 12.4. The van der Waals surface area contributed by atoms with Gasteiger partial charge in [-0.3, -0.25) is 9.78 Å². The summed E-state index contributed by atoms with van der Waals surface area (Å²) in [5, 5.41) is 3.14. The summed E-state index contributed by atoms with van der Waals surface area (Å²) < 4.78 is 11.4. The highest BCUT2D eigenvalue weighted by Gasteiger charge is 2.39. The van der Waals surface area contributed by atoms with Crippen molar-refractivity contribution in [2.45, 2.75) is 50.7 Å². The van der Waals surface area contributed by atoms with Crippen LogP contribution in [-0.4, -0.2) is 42.4 Å². The summed E-state index contributed by atoms with van der Waals surface area (Å²) in [6.07, 6.45) is 6.18. The molecule has 0 saturated carbocycles. The molecule has 1 spiro atoms. The van der Waals surface area contributed by atoms with Crippen molar-refractivity contribution in [2.75, 3.05) is 19.8 Å². The summed E-state index contributed by atoms with van der Waals surface area (Å²) in [5.41, 5.74) is 1.53. The molecule has 2 aliphatic heterocycles. The Morgan fingerprint density at radius 1 is 1.41 bits per heavy atom. The van der Waals surface area contributed by atoms with Crippen LogP contribution in [-0.2, 0) is 15.9 Å². The van der Waals surface area contributed by atoms with Crippen LogP contribution in [0, 0.1) is 0 Å². The first-order valence-electron chi connectivity index (χ1n) is 8.18. The third-order valence-corrected chi connectivity index (χ3v) is 4.70. The van der Waals surface area contributed by atoms with Crippen molar-refractivity contribution in [3.63, 3.8) is 0 Å². The molecule has 1 aromatic rings. The standard InChI is InChI=1S/C17H24N2O3/c1-2-13-3-7-18-15(11-13)16(20)19-14-4-8-22-17(12-14)5-9-21-10-6-17/h3,7,11,14H,2,4-6,8-10,12H2,1H3,(H,19,20). The van der Waals surface area contributed by atoms with Gasteiger partial charge in [0, 0.05) is 32.1 Å². The van der Waals surface area contributed by atoms with Gasteiger partial charge >= 0.3 is 0 Å². The lowest BCUT2D eigenvalue weighted by molar-refractivity contribution is -0.139. The molecule has 2 saturated heterocycles. The summed E-state index contributed by atoms with van der Waals surface area (Å²) in [7, 11) is 0. The number of carbonyl (C=O) groups excluding carboxylic acids is 1. The van der Waals surface area contributed by atoms with E-state index in [2.05, 4.69) is 17.2 Å². The second-order valence-corrected chi connectivity index (χ2v) is 6.21. The van der Waals surface area contributed by atoms with Crippen LogP contribution in [0.5, 0.6) is 0 Å². The van der Waals surface area contributed by atoms with Gasteiger partial charge in [0.2, 0.25) is 0 Å². The molecular weight excluding hydrogens is 280 g/mol. The fourth-order valence-electron chi connectivity index (χ4n) is 3.32. The third-order valence-electron chi connectivity index (χ3n) is 4.70. The van der Waals surface area contributed by atoms with E-state index in [1.54, 1.807) is 6.20 Å². The van der Waals surface area contributed by atoms with Crippen LogP contribution in [0.25, 0.3) is 0 Å². The van der Waals surface area contributed by atoms with Crippen LogP contribution in [0.2, 0.25) is 0 Å². The van der Waals surface area contributed by atoms with Gasteiger partial charge in [-0.25, -0.2) is 0 Å². The number of nitrogens with one attached hydrogen (secondary N) is 1. The third kappa shape index (κ3) is 3.47. The minimum absolute atomic E-state index is 0.0793. The lowest BCUT2D eigenvalue weighted by Crippen LogP contribution is -2.51. The van der Waals surface area contributed by atoms with E-state index in [0.29, 0.717) is 12.3 Å². The first-order chi connectivity index (χ1) is 10.7. The maximum atomic E-state index is 12.4. The van der Waals surface area contributed by atoms with Crippen molar-refractivity contribution in [3.05, 3.63) is 29.6 Å². The number of carbonyl (C=O) groups is 1. The molecular formula is C17H24N2O3. The monoisotopic (exact) mass is 304 g/mol. The molecule has 3 rings (SSSR count). The zero-order valence-corrected chi connectivity index (χ0v) is 13.1. The second kappa shape index (κ2) is 6.75. The number of rotatable bonds is 3. The van der Waals surface area contributed by atoms with E-state index in [0.717, 1.165) is 50.9 Å². The van der Waals surface area contributed by atoms with Crippen molar-refractivity contribution in [1.82, 2.24) is 10.3 Å². The summed E-state index contributed by atoms with van der Waals surface area (Å²) in [6, 6.07) is 3.98. The Labute approximate surface area is 131 Å². The molecule has 0 aromatic carbocycles. The molecule has 2 fully saturated rings. The topological polar surface area (TPSA) is 60.5 Å². The van der Waals surface area contributed by atoms with Gasteiger partial charge in [-0.2, -0.15) is 0 Å². The van der Waals surface area contributed by atoms with Crippen molar-refractivity contribution in [2.24, 2.45) is 0 Å². The van der Waals surface area contributed by atoms with Crippen LogP contribution in [0.15, 0.2) is 18.3 Å². The average Bonchev–Trinajstić information content (AvgIpc) is 2.55. The van der Waals surface area contributed by atoms with Gasteiger partial charge in [0.25, 0.3) is 5.91 Å². The van der Waals surface area contributed by atoms with Crippen molar-refractivity contribution in [3.8, 4) is 0 Å². The number of ether oxygens (including phenoxy) is 2. The van der Waals surface area contributed by atoms with Gasteiger partial charge in [-0.1, -0.05) is 6.92 Å². The summed E-state index contributed by atoms with van der Waals surface area (Å²) in [4.78, 5) is 16.6. The predicted octanol–water partition coefficient (Wildman–Crippen LogP) is 2.10. The van der Waals surface area contributed by atoms with Gasteiger partial charge in [0.1, 0.15) is 5.69 Å². The number of aryl methyl sites for hydroxylation is 1. The Morgan fingerprint density at radius 3 is 3.00 bits per heavy atom. The van der Waals surface area contributed by atoms with Crippen molar-refractivity contribution in [1.29, 1.82) is 0 Å². The van der Waals surface area contributed by atoms with Gasteiger partial charge in [0.05, 0.1) is 5.60 Å². The molecule has 0 bridgehead atoms. The molecule has 0 aliphatic carbocycles. The number of nitrogens with zero attached hydrogens (tertiary/aromatic N) is 1. The van der Waals surface area contributed by atoms with Crippen LogP contribution >= 0.6 is 0 Å². The SMILES string of the molecule is CCc1ccnc(C(=O)NC2CCOC3(CCOCC3)C2)c1. The Morgan fingerprint density at radius 2 is 2.23 bits per heavy atom. The summed E-state index contributed by atoms with van der Waals surface area (Å²) in [6.45, 7) is 4.28. The fraction of sp³-hybridized carbons (Fsp3) is 0.647. The quantitative estimate of drug-likeness (QED) is 0.929. The van der Waals surface area contributed by atoms with Gasteiger partial charge in [-0.15, -0.1) is 0 Å². The number of hydrogen-bond acceptors (Lipinski definition) is 4. The van der Waals surface area contributed by atoms with Gasteiger partial charge in [-0.05, 0) is 49.8 Å². The Kier molecular flexibility index (Phi) is 4.74. The number of hydrogen-bond donors (Lipinski definition) is 1. The van der Waals surface area contributed by atoms with Crippen LogP contribution in [0.3, 0.4) is 0 Å². The average molecular weight is 304 g/mol. The molecule has 5 heteroatoms. The number of amides is 1. The predicted molar refractivity (Wildman–Crippen MR) is 82.8 cm³/mol. The zero-order chi connectivity index (χ0) is 15.4. The number of aromatic nitrogens is 1. The van der Waals surface area contributed by atoms with E-state index >= 15 is 0 Å².